The molecule has 3 aromatic rings. The summed E-state index contributed by atoms with van der Waals surface area (Å²) in [6, 6.07) is 17.0. The van der Waals surface area contributed by atoms with E-state index >= 15 is 0 Å². The third-order valence-corrected chi connectivity index (χ3v) is 4.39. The second kappa shape index (κ2) is 4.25. The molecule has 2 aromatic carbocycles. The zero-order valence-corrected chi connectivity index (χ0v) is 10.9. The Morgan fingerprint density at radius 3 is 2.95 bits per heavy atom. The summed E-state index contributed by atoms with van der Waals surface area (Å²) in [5.41, 5.74) is 3.39. The number of nitrogens with zero attached hydrogens (tertiary/aromatic N) is 1. The molecule has 0 saturated heterocycles. The normalized spacial score (nSPS) is 12.8. The summed E-state index contributed by atoms with van der Waals surface area (Å²) >= 11 is 1.82. The maximum atomic E-state index is 4.94. The number of hydrogen-bond donors (Lipinski definition) is 0. The molecule has 19 heavy (non-hydrogen) atoms. The predicted molar refractivity (Wildman–Crippen MR) is 81.3 cm³/mol. The summed E-state index contributed by atoms with van der Waals surface area (Å²) < 4.78 is 6.25. The quantitative estimate of drug-likeness (QED) is 0.617. The molecular formula is C15H9BNOS. The highest BCUT2D eigenvalue weighted by atomic mass is 32.1. The molecule has 0 N–H and O–H groups in total. The molecule has 2 heterocycles. The summed E-state index contributed by atoms with van der Waals surface area (Å²) in [4.78, 5) is 1.28. The maximum absolute atomic E-state index is 4.94. The van der Waals surface area contributed by atoms with Crippen molar-refractivity contribution in [3.63, 3.8) is 0 Å². The minimum Gasteiger partial charge on any atom is -0.468 e. The molecule has 0 atom stereocenters. The Hall–Kier alpha value is -2.07. The highest BCUT2D eigenvalue weighted by Crippen LogP contribution is 2.33. The van der Waals surface area contributed by atoms with Crippen molar-refractivity contribution in [1.82, 2.24) is 0 Å². The summed E-state index contributed by atoms with van der Waals surface area (Å²) in [6.45, 7) is 0. The molecule has 0 saturated carbocycles. The van der Waals surface area contributed by atoms with E-state index in [4.69, 9.17) is 4.76 Å². The van der Waals surface area contributed by atoms with E-state index in [-0.39, 0.29) is 0 Å². The van der Waals surface area contributed by atoms with Gasteiger partial charge in [0, 0.05) is 9.58 Å². The average molecular weight is 262 g/mol. The van der Waals surface area contributed by atoms with Crippen molar-refractivity contribution < 1.29 is 4.76 Å². The van der Waals surface area contributed by atoms with Crippen molar-refractivity contribution in [2.24, 2.45) is 5.16 Å². The van der Waals surface area contributed by atoms with Gasteiger partial charge in [0.15, 0.2) is 0 Å². The van der Waals surface area contributed by atoms with Gasteiger partial charge in [-0.05, 0) is 40.2 Å². The van der Waals surface area contributed by atoms with Crippen molar-refractivity contribution >= 4 is 40.6 Å². The molecule has 4 heteroatoms. The van der Waals surface area contributed by atoms with Crippen LogP contribution in [0.15, 0.2) is 53.7 Å². The molecule has 1 aromatic heterocycles. The SMILES string of the molecule is [B]1ON=Cc2cc(-c3cc4ccccc4s3)ccc21. The van der Waals surface area contributed by atoms with Crippen LogP contribution in [-0.2, 0) is 4.76 Å². The second-order valence-electron chi connectivity index (χ2n) is 4.45. The number of fused-ring (bicyclic) bond motifs is 2. The smallest absolute Gasteiger partial charge is 0.449 e. The predicted octanol–water partition coefficient (Wildman–Crippen LogP) is 3.18. The van der Waals surface area contributed by atoms with Crippen LogP contribution in [0, 0.1) is 0 Å². The van der Waals surface area contributed by atoms with Crippen LogP contribution in [0.25, 0.3) is 20.5 Å². The maximum Gasteiger partial charge on any atom is 0.449 e. The molecular weight excluding hydrogens is 253 g/mol. The number of benzene rings is 2. The van der Waals surface area contributed by atoms with E-state index in [1.807, 2.05) is 11.3 Å². The van der Waals surface area contributed by atoms with Crippen LogP contribution in [-0.4, -0.2) is 13.7 Å². The molecule has 1 aliphatic heterocycles. The van der Waals surface area contributed by atoms with Gasteiger partial charge in [-0.25, -0.2) is 0 Å². The van der Waals surface area contributed by atoms with Crippen molar-refractivity contribution in [2.75, 3.05) is 0 Å². The van der Waals surface area contributed by atoms with Gasteiger partial charge >= 0.3 is 7.48 Å². The summed E-state index contributed by atoms with van der Waals surface area (Å²) in [5, 5.41) is 5.11. The van der Waals surface area contributed by atoms with Crippen molar-refractivity contribution in [3.05, 3.63) is 54.1 Å². The van der Waals surface area contributed by atoms with E-state index in [1.165, 1.54) is 20.5 Å². The Morgan fingerprint density at radius 1 is 1.05 bits per heavy atom. The first kappa shape index (κ1) is 10.8. The average Bonchev–Trinajstić information content (AvgIpc) is 2.90. The lowest BCUT2D eigenvalue weighted by Crippen LogP contribution is -2.23. The van der Waals surface area contributed by atoms with E-state index in [9.17, 15) is 0 Å². The Morgan fingerprint density at radius 2 is 2.00 bits per heavy atom. The molecule has 1 aliphatic rings. The third kappa shape index (κ3) is 1.85. The molecule has 89 valence electrons. The molecule has 0 spiro atoms. The first-order valence-electron chi connectivity index (χ1n) is 6.05. The summed E-state index contributed by atoms with van der Waals surface area (Å²) in [5.74, 6) is 0. The number of rotatable bonds is 1. The molecule has 0 unspecified atom stereocenters. The Labute approximate surface area is 115 Å². The fourth-order valence-corrected chi connectivity index (χ4v) is 3.30. The molecule has 4 rings (SSSR count). The highest BCUT2D eigenvalue weighted by molar-refractivity contribution is 7.22. The van der Waals surface area contributed by atoms with E-state index in [2.05, 4.69) is 53.7 Å². The van der Waals surface area contributed by atoms with E-state index in [1.54, 1.807) is 13.7 Å². The Bertz CT molecular complexity index is 761. The van der Waals surface area contributed by atoms with E-state index < -0.39 is 0 Å². The zero-order chi connectivity index (χ0) is 12.7. The monoisotopic (exact) mass is 262 g/mol. The third-order valence-electron chi connectivity index (χ3n) is 3.23. The molecule has 0 fully saturated rings. The van der Waals surface area contributed by atoms with Gasteiger partial charge in [0.2, 0.25) is 0 Å². The number of thiophene rings is 1. The fourth-order valence-electron chi connectivity index (χ4n) is 2.25. The van der Waals surface area contributed by atoms with Gasteiger partial charge < -0.3 is 4.76 Å². The lowest BCUT2D eigenvalue weighted by molar-refractivity contribution is 0.370. The molecule has 2 nitrogen and oxygen atoms in total. The summed E-state index contributed by atoms with van der Waals surface area (Å²) in [6.07, 6.45) is 1.76. The van der Waals surface area contributed by atoms with Gasteiger partial charge in [-0.15, -0.1) is 16.5 Å². The molecule has 0 aliphatic carbocycles. The van der Waals surface area contributed by atoms with Gasteiger partial charge in [0.1, 0.15) is 0 Å². The van der Waals surface area contributed by atoms with Crippen LogP contribution in [0.1, 0.15) is 5.56 Å². The lowest BCUT2D eigenvalue weighted by Gasteiger charge is -2.09. The van der Waals surface area contributed by atoms with Crippen LogP contribution in [0.5, 0.6) is 0 Å². The highest BCUT2D eigenvalue weighted by Gasteiger charge is 2.12. The van der Waals surface area contributed by atoms with Crippen LogP contribution in [0.3, 0.4) is 0 Å². The van der Waals surface area contributed by atoms with Crippen LogP contribution >= 0.6 is 11.3 Å². The van der Waals surface area contributed by atoms with Gasteiger partial charge in [0.05, 0.1) is 6.21 Å². The van der Waals surface area contributed by atoms with Crippen LogP contribution in [0.2, 0.25) is 0 Å². The Balaban J connectivity index is 1.86. The number of oxime groups is 1. The van der Waals surface area contributed by atoms with Gasteiger partial charge in [-0.1, -0.05) is 30.3 Å². The van der Waals surface area contributed by atoms with Crippen LogP contribution < -0.4 is 5.46 Å². The van der Waals surface area contributed by atoms with E-state index in [0.29, 0.717) is 0 Å². The minimum absolute atomic E-state index is 1.07. The minimum atomic E-state index is 1.07. The van der Waals surface area contributed by atoms with Crippen molar-refractivity contribution in [3.8, 4) is 10.4 Å². The van der Waals surface area contributed by atoms with Gasteiger partial charge in [-0.3, -0.25) is 0 Å². The van der Waals surface area contributed by atoms with Gasteiger partial charge in [-0.2, -0.15) is 0 Å². The van der Waals surface area contributed by atoms with Gasteiger partial charge in [0.25, 0.3) is 0 Å². The Kier molecular flexibility index (Phi) is 2.42. The van der Waals surface area contributed by atoms with Crippen LogP contribution in [0.4, 0.5) is 0 Å². The van der Waals surface area contributed by atoms with Crippen molar-refractivity contribution in [2.45, 2.75) is 0 Å². The lowest BCUT2D eigenvalue weighted by atomic mass is 9.83. The first-order valence-corrected chi connectivity index (χ1v) is 6.87. The number of hydrogen-bond acceptors (Lipinski definition) is 3. The topological polar surface area (TPSA) is 21.6 Å². The van der Waals surface area contributed by atoms with Crippen molar-refractivity contribution in [1.29, 1.82) is 0 Å². The molecule has 0 bridgehead atoms. The zero-order valence-electron chi connectivity index (χ0n) is 10.0. The fraction of sp³-hybridized carbons (Fsp3) is 0. The summed E-state index contributed by atoms with van der Waals surface area (Å²) in [7, 11) is 1.67. The first-order chi connectivity index (χ1) is 9.40. The second-order valence-corrected chi connectivity index (χ2v) is 5.53. The standard InChI is InChI=1S/C15H9BNOS/c1-2-4-14-10(3-1)8-15(19-14)11-5-6-13-12(7-11)9-17-18-16-13/h1-9H. The molecule has 0 amide bonds. The van der Waals surface area contributed by atoms with E-state index in [0.717, 1.165) is 11.0 Å². The largest absolute Gasteiger partial charge is 0.468 e. The molecule has 1 radical (unpaired) electrons.